The summed E-state index contributed by atoms with van der Waals surface area (Å²) in [7, 11) is 0. The molecule has 0 fully saturated rings. The lowest BCUT2D eigenvalue weighted by molar-refractivity contribution is 0.614. The first-order valence-electron chi connectivity index (χ1n) is 6.01. The smallest absolute Gasteiger partial charge is 0.124 e. The molecule has 0 radical (unpaired) electrons. The highest BCUT2D eigenvalue weighted by Gasteiger charge is 2.15. The van der Waals surface area contributed by atoms with Gasteiger partial charge in [0.1, 0.15) is 5.82 Å². The molecular weight excluding hydrogens is 331 g/mol. The maximum absolute atomic E-state index is 13.4. The summed E-state index contributed by atoms with van der Waals surface area (Å²) in [6, 6.07) is 4.85. The van der Waals surface area contributed by atoms with Crippen LogP contribution in [0.3, 0.4) is 0 Å². The van der Waals surface area contributed by atoms with Crippen LogP contribution in [0.4, 0.5) is 4.39 Å². The van der Waals surface area contributed by atoms with Gasteiger partial charge in [-0.2, -0.15) is 5.10 Å². The molecule has 0 bridgehead atoms. The van der Waals surface area contributed by atoms with E-state index in [4.69, 9.17) is 11.6 Å². The molecule has 1 aromatic carbocycles. The number of benzene rings is 1. The zero-order valence-electron chi connectivity index (χ0n) is 11.0. The number of alkyl halides is 1. The lowest BCUT2D eigenvalue weighted by atomic mass is 10.1. The maximum atomic E-state index is 13.4. The Morgan fingerprint density at radius 1 is 1.37 bits per heavy atom. The van der Waals surface area contributed by atoms with Gasteiger partial charge < -0.3 is 0 Å². The van der Waals surface area contributed by atoms with Crippen molar-refractivity contribution < 1.29 is 4.39 Å². The predicted molar refractivity (Wildman–Crippen MR) is 79.2 cm³/mol. The fourth-order valence-corrected chi connectivity index (χ4v) is 3.14. The molecule has 2 rings (SSSR count). The van der Waals surface area contributed by atoms with Gasteiger partial charge >= 0.3 is 0 Å². The van der Waals surface area contributed by atoms with Gasteiger partial charge in [-0.05, 0) is 44.5 Å². The monoisotopic (exact) mass is 344 g/mol. The van der Waals surface area contributed by atoms with Crippen LogP contribution >= 0.6 is 27.5 Å². The largest absolute Gasteiger partial charge is 0.265 e. The second-order valence-corrected chi connectivity index (χ2v) is 6.21. The molecule has 19 heavy (non-hydrogen) atoms. The summed E-state index contributed by atoms with van der Waals surface area (Å²) in [4.78, 5) is 0. The minimum absolute atomic E-state index is 0.0759. The molecule has 1 aromatic heterocycles. The molecule has 0 N–H and O–H groups in total. The summed E-state index contributed by atoms with van der Waals surface area (Å²) in [5, 5.41) is 4.40. The Kier molecular flexibility index (Phi) is 4.31. The van der Waals surface area contributed by atoms with E-state index in [9.17, 15) is 4.39 Å². The zero-order valence-corrected chi connectivity index (χ0v) is 13.4. The molecular formula is C14H15BrClFN2. The van der Waals surface area contributed by atoms with Crippen molar-refractivity contribution >= 4 is 27.5 Å². The van der Waals surface area contributed by atoms with Crippen LogP contribution in [0.15, 0.2) is 22.7 Å². The van der Waals surface area contributed by atoms with Gasteiger partial charge in [0, 0.05) is 15.7 Å². The molecule has 0 amide bonds. The third-order valence-electron chi connectivity index (χ3n) is 3.09. The van der Waals surface area contributed by atoms with Crippen molar-refractivity contribution in [2.24, 2.45) is 0 Å². The summed E-state index contributed by atoms with van der Waals surface area (Å²) in [5.74, 6) is -0.253. The van der Waals surface area contributed by atoms with E-state index in [0.29, 0.717) is 6.54 Å². The molecule has 1 heterocycles. The third kappa shape index (κ3) is 3.18. The van der Waals surface area contributed by atoms with E-state index in [1.165, 1.54) is 12.1 Å². The Labute approximate surface area is 125 Å². The average Bonchev–Trinajstić information content (AvgIpc) is 2.52. The Bertz CT molecular complexity index is 587. The number of hydrogen-bond acceptors (Lipinski definition) is 1. The summed E-state index contributed by atoms with van der Waals surface area (Å²) >= 11 is 9.46. The Hall–Kier alpha value is -0.870. The van der Waals surface area contributed by atoms with Gasteiger partial charge in [0.2, 0.25) is 0 Å². The lowest BCUT2D eigenvalue weighted by Crippen LogP contribution is -2.05. The molecule has 2 aromatic rings. The third-order valence-corrected chi connectivity index (χ3v) is 3.77. The number of hydrogen-bond donors (Lipinski definition) is 0. The molecule has 1 unspecified atom stereocenters. The highest BCUT2D eigenvalue weighted by Crippen LogP contribution is 2.27. The van der Waals surface area contributed by atoms with Gasteiger partial charge in [0.05, 0.1) is 17.6 Å². The van der Waals surface area contributed by atoms with Crippen molar-refractivity contribution in [1.82, 2.24) is 9.78 Å². The molecule has 0 aliphatic carbocycles. The van der Waals surface area contributed by atoms with Crippen molar-refractivity contribution in [3.05, 3.63) is 51.0 Å². The Morgan fingerprint density at radius 3 is 2.58 bits per heavy atom. The molecule has 1 atom stereocenters. The first kappa shape index (κ1) is 14.5. The van der Waals surface area contributed by atoms with Gasteiger partial charge in [-0.3, -0.25) is 4.68 Å². The number of halogens is 3. The van der Waals surface area contributed by atoms with E-state index in [0.717, 1.165) is 27.0 Å². The molecule has 0 spiro atoms. The summed E-state index contributed by atoms with van der Waals surface area (Å²) in [6.07, 6.45) is 0. The maximum Gasteiger partial charge on any atom is 0.124 e. The van der Waals surface area contributed by atoms with E-state index >= 15 is 0 Å². The van der Waals surface area contributed by atoms with Crippen molar-refractivity contribution in [3.63, 3.8) is 0 Å². The average molecular weight is 346 g/mol. The van der Waals surface area contributed by atoms with E-state index in [-0.39, 0.29) is 11.2 Å². The molecule has 0 saturated carbocycles. The van der Waals surface area contributed by atoms with Crippen LogP contribution in [0.25, 0.3) is 0 Å². The number of nitrogens with zero attached hydrogens (tertiary/aromatic N) is 2. The molecule has 2 nitrogen and oxygen atoms in total. The van der Waals surface area contributed by atoms with Crippen molar-refractivity contribution in [2.75, 3.05) is 0 Å². The van der Waals surface area contributed by atoms with E-state index in [2.05, 4.69) is 21.0 Å². The first-order chi connectivity index (χ1) is 8.88. The fourth-order valence-electron chi connectivity index (χ4n) is 2.32. The van der Waals surface area contributed by atoms with Gasteiger partial charge in [-0.1, -0.05) is 15.9 Å². The molecule has 0 saturated heterocycles. The molecule has 5 heteroatoms. The van der Waals surface area contributed by atoms with Crippen LogP contribution in [0, 0.1) is 19.7 Å². The Morgan fingerprint density at radius 2 is 2.05 bits per heavy atom. The van der Waals surface area contributed by atoms with Crippen LogP contribution in [-0.2, 0) is 6.54 Å². The minimum atomic E-state index is -0.253. The van der Waals surface area contributed by atoms with Crippen molar-refractivity contribution in [3.8, 4) is 0 Å². The predicted octanol–water partition coefficient (Wildman–Crippen LogP) is 4.75. The zero-order chi connectivity index (χ0) is 14.2. The summed E-state index contributed by atoms with van der Waals surface area (Å²) < 4.78 is 16.0. The van der Waals surface area contributed by atoms with Gasteiger partial charge in [0.15, 0.2) is 0 Å². The lowest BCUT2D eigenvalue weighted by Gasteiger charge is -2.07. The minimum Gasteiger partial charge on any atom is -0.265 e. The van der Waals surface area contributed by atoms with Crippen molar-refractivity contribution in [1.29, 1.82) is 0 Å². The normalized spacial score (nSPS) is 12.7. The Balaban J connectivity index is 2.36. The fraction of sp³-hybridized carbons (Fsp3) is 0.357. The van der Waals surface area contributed by atoms with Gasteiger partial charge in [0.25, 0.3) is 0 Å². The molecule has 0 aliphatic heterocycles. The first-order valence-corrected chi connectivity index (χ1v) is 7.24. The standard InChI is InChI=1S/C14H15BrClFN2/c1-8(16)14-9(2)18-19(10(14)3)7-11-4-12(15)6-13(17)5-11/h4-6,8H,7H2,1-3H3. The second-order valence-electron chi connectivity index (χ2n) is 4.64. The quantitative estimate of drug-likeness (QED) is 0.734. The van der Waals surface area contributed by atoms with Crippen LogP contribution in [0.5, 0.6) is 0 Å². The van der Waals surface area contributed by atoms with Crippen molar-refractivity contribution in [2.45, 2.75) is 32.7 Å². The summed E-state index contributed by atoms with van der Waals surface area (Å²) in [5.41, 5.74) is 3.87. The van der Waals surface area contributed by atoms with Gasteiger partial charge in [-0.25, -0.2) is 4.39 Å². The van der Waals surface area contributed by atoms with E-state index in [1.54, 1.807) is 0 Å². The van der Waals surface area contributed by atoms with E-state index in [1.807, 2.05) is 31.5 Å². The number of aryl methyl sites for hydroxylation is 1. The summed E-state index contributed by atoms with van der Waals surface area (Å²) in [6.45, 7) is 6.40. The molecule has 0 aliphatic rings. The van der Waals surface area contributed by atoms with E-state index < -0.39 is 0 Å². The van der Waals surface area contributed by atoms with Crippen LogP contribution in [-0.4, -0.2) is 9.78 Å². The highest BCUT2D eigenvalue weighted by molar-refractivity contribution is 9.10. The highest BCUT2D eigenvalue weighted by atomic mass is 79.9. The van der Waals surface area contributed by atoms with Crippen LogP contribution < -0.4 is 0 Å². The van der Waals surface area contributed by atoms with Gasteiger partial charge in [-0.15, -0.1) is 11.6 Å². The van der Waals surface area contributed by atoms with Crippen LogP contribution in [0.2, 0.25) is 0 Å². The SMILES string of the molecule is Cc1nn(Cc2cc(F)cc(Br)c2)c(C)c1C(C)Cl. The van der Waals surface area contributed by atoms with Crippen LogP contribution in [0.1, 0.15) is 34.8 Å². The second kappa shape index (κ2) is 5.63. The number of aromatic nitrogens is 2. The molecule has 102 valence electrons. The topological polar surface area (TPSA) is 17.8 Å². The number of rotatable bonds is 3.